The summed E-state index contributed by atoms with van der Waals surface area (Å²) in [6.07, 6.45) is -0.457. The SMILES string of the molecule is CC(C)(C)OC(=O)Nc1ccc(Nc2ccc(Br)cc2)cc1. The molecule has 0 unspecified atom stereocenters. The third-order valence-electron chi connectivity index (χ3n) is 2.66. The van der Waals surface area contributed by atoms with Gasteiger partial charge in [-0.15, -0.1) is 0 Å². The standard InChI is InChI=1S/C17H19BrN2O2/c1-17(2,3)22-16(21)20-15-10-8-14(9-11-15)19-13-6-4-12(18)5-7-13/h4-11,19H,1-3H3,(H,20,21). The number of rotatable bonds is 3. The van der Waals surface area contributed by atoms with E-state index in [1.807, 2.05) is 69.3 Å². The van der Waals surface area contributed by atoms with Gasteiger partial charge in [-0.05, 0) is 69.3 Å². The summed E-state index contributed by atoms with van der Waals surface area (Å²) >= 11 is 3.40. The van der Waals surface area contributed by atoms with Crippen molar-refractivity contribution in [3.05, 3.63) is 53.0 Å². The first-order valence-corrected chi connectivity index (χ1v) is 7.74. The lowest BCUT2D eigenvalue weighted by Gasteiger charge is -2.19. The number of halogens is 1. The van der Waals surface area contributed by atoms with Crippen LogP contribution in [0.3, 0.4) is 0 Å². The van der Waals surface area contributed by atoms with Crippen LogP contribution in [0.25, 0.3) is 0 Å². The second kappa shape index (κ2) is 6.83. The molecule has 22 heavy (non-hydrogen) atoms. The molecule has 2 rings (SSSR count). The van der Waals surface area contributed by atoms with Gasteiger partial charge in [0.15, 0.2) is 0 Å². The van der Waals surface area contributed by atoms with Gasteiger partial charge >= 0.3 is 6.09 Å². The third kappa shape index (κ3) is 5.41. The Labute approximate surface area is 139 Å². The second-order valence-corrected chi connectivity index (χ2v) is 6.75. The maximum absolute atomic E-state index is 11.7. The number of hydrogen-bond donors (Lipinski definition) is 2. The van der Waals surface area contributed by atoms with E-state index in [1.54, 1.807) is 0 Å². The lowest BCUT2D eigenvalue weighted by atomic mass is 10.2. The van der Waals surface area contributed by atoms with E-state index in [9.17, 15) is 4.79 Å². The van der Waals surface area contributed by atoms with Crippen LogP contribution in [0.2, 0.25) is 0 Å². The van der Waals surface area contributed by atoms with Gasteiger partial charge in [-0.3, -0.25) is 5.32 Å². The monoisotopic (exact) mass is 362 g/mol. The van der Waals surface area contributed by atoms with E-state index in [0.29, 0.717) is 5.69 Å². The van der Waals surface area contributed by atoms with Crippen molar-refractivity contribution in [3.63, 3.8) is 0 Å². The predicted octanol–water partition coefficient (Wildman–Crippen LogP) is 5.54. The van der Waals surface area contributed by atoms with Gasteiger partial charge in [-0.1, -0.05) is 15.9 Å². The number of ether oxygens (including phenoxy) is 1. The summed E-state index contributed by atoms with van der Waals surface area (Å²) in [7, 11) is 0. The molecule has 2 aromatic rings. The van der Waals surface area contributed by atoms with Gasteiger partial charge in [-0.2, -0.15) is 0 Å². The molecule has 2 N–H and O–H groups in total. The van der Waals surface area contributed by atoms with Crippen LogP contribution in [-0.4, -0.2) is 11.7 Å². The highest BCUT2D eigenvalue weighted by Crippen LogP contribution is 2.21. The number of anilines is 3. The molecular weight excluding hydrogens is 344 g/mol. The van der Waals surface area contributed by atoms with Gasteiger partial charge in [0.25, 0.3) is 0 Å². The zero-order chi connectivity index (χ0) is 16.2. The summed E-state index contributed by atoms with van der Waals surface area (Å²) < 4.78 is 6.25. The first-order valence-electron chi connectivity index (χ1n) is 6.94. The minimum atomic E-state index is -0.507. The number of nitrogens with one attached hydrogen (secondary N) is 2. The Balaban J connectivity index is 1.95. The second-order valence-electron chi connectivity index (χ2n) is 5.84. The van der Waals surface area contributed by atoms with E-state index >= 15 is 0 Å². The molecule has 0 atom stereocenters. The predicted molar refractivity (Wildman–Crippen MR) is 93.7 cm³/mol. The Kier molecular flexibility index (Phi) is 5.08. The largest absolute Gasteiger partial charge is 0.444 e. The van der Waals surface area contributed by atoms with Crippen LogP contribution >= 0.6 is 15.9 Å². The van der Waals surface area contributed by atoms with Gasteiger partial charge in [-0.25, -0.2) is 4.79 Å². The Morgan fingerprint density at radius 1 is 0.909 bits per heavy atom. The first-order chi connectivity index (χ1) is 10.3. The minimum absolute atomic E-state index is 0.457. The molecule has 0 aliphatic carbocycles. The molecule has 0 radical (unpaired) electrons. The molecule has 0 spiro atoms. The summed E-state index contributed by atoms with van der Waals surface area (Å²) in [5.41, 5.74) is 2.12. The van der Waals surface area contributed by atoms with Crippen molar-refractivity contribution in [2.75, 3.05) is 10.6 Å². The Morgan fingerprint density at radius 3 is 1.86 bits per heavy atom. The zero-order valence-corrected chi connectivity index (χ0v) is 14.4. The lowest BCUT2D eigenvalue weighted by molar-refractivity contribution is 0.0636. The molecule has 0 aliphatic rings. The first kappa shape index (κ1) is 16.4. The quantitative estimate of drug-likeness (QED) is 0.753. The van der Waals surface area contributed by atoms with E-state index in [2.05, 4.69) is 26.6 Å². The van der Waals surface area contributed by atoms with Crippen LogP contribution in [0.15, 0.2) is 53.0 Å². The van der Waals surface area contributed by atoms with E-state index in [0.717, 1.165) is 15.8 Å². The molecule has 0 fully saturated rings. The molecule has 5 heteroatoms. The van der Waals surface area contributed by atoms with Crippen molar-refractivity contribution in [1.82, 2.24) is 0 Å². The molecule has 2 aromatic carbocycles. The third-order valence-corrected chi connectivity index (χ3v) is 3.19. The summed E-state index contributed by atoms with van der Waals surface area (Å²) in [5.74, 6) is 0. The maximum Gasteiger partial charge on any atom is 0.412 e. The van der Waals surface area contributed by atoms with Crippen molar-refractivity contribution < 1.29 is 9.53 Å². The van der Waals surface area contributed by atoms with Crippen molar-refractivity contribution in [2.24, 2.45) is 0 Å². The molecule has 0 aliphatic heterocycles. The molecular formula is C17H19BrN2O2. The fourth-order valence-electron chi connectivity index (χ4n) is 1.76. The fourth-order valence-corrected chi connectivity index (χ4v) is 2.02. The van der Waals surface area contributed by atoms with Gasteiger partial charge in [0.2, 0.25) is 0 Å². The number of carbonyl (C=O) groups is 1. The normalized spacial score (nSPS) is 10.9. The van der Waals surface area contributed by atoms with Crippen LogP contribution in [-0.2, 0) is 4.74 Å². The molecule has 0 aromatic heterocycles. The average molecular weight is 363 g/mol. The average Bonchev–Trinajstić information content (AvgIpc) is 2.41. The fraction of sp³-hybridized carbons (Fsp3) is 0.235. The van der Waals surface area contributed by atoms with Gasteiger partial charge in [0.1, 0.15) is 5.60 Å². The van der Waals surface area contributed by atoms with Crippen LogP contribution in [0, 0.1) is 0 Å². The molecule has 0 bridgehead atoms. The van der Waals surface area contributed by atoms with E-state index in [4.69, 9.17) is 4.74 Å². The number of hydrogen-bond acceptors (Lipinski definition) is 3. The number of amides is 1. The summed E-state index contributed by atoms with van der Waals surface area (Å²) in [4.78, 5) is 11.7. The summed E-state index contributed by atoms with van der Waals surface area (Å²) in [6, 6.07) is 15.4. The van der Waals surface area contributed by atoms with Crippen molar-refractivity contribution in [1.29, 1.82) is 0 Å². The van der Waals surface area contributed by atoms with Gasteiger partial charge < -0.3 is 10.1 Å². The van der Waals surface area contributed by atoms with Crippen molar-refractivity contribution >= 4 is 39.1 Å². The van der Waals surface area contributed by atoms with Crippen molar-refractivity contribution in [3.8, 4) is 0 Å². The molecule has 1 amide bonds. The highest BCUT2D eigenvalue weighted by Gasteiger charge is 2.15. The van der Waals surface area contributed by atoms with Crippen molar-refractivity contribution in [2.45, 2.75) is 26.4 Å². The smallest absolute Gasteiger partial charge is 0.412 e. The number of carbonyl (C=O) groups excluding carboxylic acids is 1. The zero-order valence-electron chi connectivity index (χ0n) is 12.8. The van der Waals surface area contributed by atoms with Gasteiger partial charge in [0, 0.05) is 21.5 Å². The number of benzene rings is 2. The summed E-state index contributed by atoms with van der Waals surface area (Å²) in [6.45, 7) is 5.49. The molecule has 0 saturated heterocycles. The van der Waals surface area contributed by atoms with Gasteiger partial charge in [0.05, 0.1) is 0 Å². The van der Waals surface area contributed by atoms with Crippen LogP contribution in [0.4, 0.5) is 21.9 Å². The van der Waals surface area contributed by atoms with E-state index < -0.39 is 11.7 Å². The van der Waals surface area contributed by atoms with Crippen LogP contribution < -0.4 is 10.6 Å². The Hall–Kier alpha value is -2.01. The lowest BCUT2D eigenvalue weighted by Crippen LogP contribution is -2.27. The van der Waals surface area contributed by atoms with Crippen LogP contribution in [0.5, 0.6) is 0 Å². The molecule has 4 nitrogen and oxygen atoms in total. The minimum Gasteiger partial charge on any atom is -0.444 e. The Bertz CT molecular complexity index is 631. The van der Waals surface area contributed by atoms with Crippen LogP contribution in [0.1, 0.15) is 20.8 Å². The topological polar surface area (TPSA) is 50.4 Å². The molecule has 0 saturated carbocycles. The molecule has 0 heterocycles. The summed E-state index contributed by atoms with van der Waals surface area (Å²) in [5, 5.41) is 5.99. The Morgan fingerprint density at radius 2 is 1.36 bits per heavy atom. The van der Waals surface area contributed by atoms with E-state index in [1.165, 1.54) is 0 Å². The maximum atomic E-state index is 11.7. The highest BCUT2D eigenvalue weighted by molar-refractivity contribution is 9.10. The van der Waals surface area contributed by atoms with E-state index in [-0.39, 0.29) is 0 Å². The molecule has 116 valence electrons. The highest BCUT2D eigenvalue weighted by atomic mass is 79.9.